The number of nitrogens with zero attached hydrogens (tertiary/aromatic N) is 6. The fourth-order valence-electron chi connectivity index (χ4n) is 8.23. The van der Waals surface area contributed by atoms with E-state index in [1.807, 2.05) is 55.4 Å². The summed E-state index contributed by atoms with van der Waals surface area (Å²) in [6.45, 7) is 6.84. The van der Waals surface area contributed by atoms with Crippen molar-refractivity contribution in [2.45, 2.75) is 134 Å². The SMILES string of the molecule is CC(C)[Si](O)(O[Si](O[C@H]1[C@H]2O[P@](=S)(OCCC#N)OC[C@H]3C[C@@H](Oc4ccncn4)C[C@@H]3OP(O)(=S)OC[C@H]1O[C@H]2n1cc(F)c2c(=O)n(C)cnc21)(C(C)C)C(C)C)C(C)C. The van der Waals surface area contributed by atoms with E-state index in [9.17, 15) is 19.7 Å². The first-order valence-electron chi connectivity index (χ1n) is 20.6. The molecule has 2 N–H and O–H groups in total. The van der Waals surface area contributed by atoms with E-state index >= 15 is 4.39 Å². The van der Waals surface area contributed by atoms with Crippen LogP contribution in [-0.4, -0.2) is 101 Å². The van der Waals surface area contributed by atoms with E-state index in [-0.39, 0.29) is 59.3 Å². The molecule has 3 aromatic rings. The minimum atomic E-state index is -4.07. The molecule has 1 saturated carbocycles. The summed E-state index contributed by atoms with van der Waals surface area (Å²) in [4.78, 5) is 49.9. The van der Waals surface area contributed by atoms with Crippen LogP contribution < -0.4 is 10.3 Å². The van der Waals surface area contributed by atoms with Crippen LogP contribution in [-0.2, 0) is 66.6 Å². The molecule has 9 atom stereocenters. The van der Waals surface area contributed by atoms with Crippen LogP contribution in [0.2, 0.25) is 22.2 Å². The maximum absolute atomic E-state index is 15.9. The van der Waals surface area contributed by atoms with Crippen LogP contribution in [0.4, 0.5) is 4.39 Å². The summed E-state index contributed by atoms with van der Waals surface area (Å²) in [5.74, 6) is -1.00. The molecule has 1 unspecified atom stereocenters. The lowest BCUT2D eigenvalue weighted by atomic mass is 10.1. The third-order valence-electron chi connectivity index (χ3n) is 11.6. The van der Waals surface area contributed by atoms with Gasteiger partial charge in [-0.3, -0.25) is 9.32 Å². The first kappa shape index (κ1) is 49.5. The standard InChI is InChI=1S/C37H57FN6O12P2S2Si2/c1-22(2)61(47,23(3)4)56-62(24(5)6,25(7)8)55-33-30-19-49-57(46,59)53-29-16-27(51-31-11-13-40-20-41-31)15-26(29)18-50-58(60,48-14-10-12-39)54-34(33)37(52-30)44-17-28(38)32-35(44)42-21-43(9)36(32)45/h11,13,17,20-27,29-30,33-34,37,47H,10,14-16,18-19H2,1-9H3,(H,46,59)/t26-,27-,29+,30-,33-,34-,37-,57?,58+/m1/s1. The summed E-state index contributed by atoms with van der Waals surface area (Å²) < 4.78 is 77.7. The Kier molecular flexibility index (Phi) is 15.9. The molecule has 1 aliphatic carbocycles. The molecule has 3 aliphatic rings. The molecule has 0 amide bonds. The molecule has 18 nitrogen and oxygen atoms in total. The normalized spacial score (nSPS) is 30.1. The molecule has 62 heavy (non-hydrogen) atoms. The smallest absolute Gasteiger partial charge is 0.335 e. The number of aromatic nitrogens is 5. The van der Waals surface area contributed by atoms with Crippen LogP contribution in [0.5, 0.6) is 5.88 Å². The fraction of sp³-hybridized carbons (Fsp3) is 0.703. The quantitative estimate of drug-likeness (QED) is 0.0999. The molecule has 25 heteroatoms. The van der Waals surface area contributed by atoms with Gasteiger partial charge in [0.2, 0.25) is 5.88 Å². The molecule has 0 radical (unpaired) electrons. The zero-order valence-corrected chi connectivity index (χ0v) is 41.7. The molecule has 0 spiro atoms. The number of rotatable bonds is 14. The van der Waals surface area contributed by atoms with Gasteiger partial charge in [-0.25, -0.2) is 19.3 Å². The van der Waals surface area contributed by atoms with Crippen LogP contribution >= 0.6 is 13.4 Å². The lowest BCUT2D eigenvalue weighted by molar-refractivity contribution is -0.0520. The third-order valence-corrected chi connectivity index (χ3v) is 25.3. The molecule has 2 aliphatic heterocycles. The van der Waals surface area contributed by atoms with Gasteiger partial charge < -0.3 is 54.9 Å². The summed E-state index contributed by atoms with van der Waals surface area (Å²) in [5.41, 5.74) is -1.69. The van der Waals surface area contributed by atoms with Gasteiger partial charge in [-0.05, 0) is 52.2 Å². The maximum Gasteiger partial charge on any atom is 0.335 e. The molecule has 6 rings (SSSR count). The van der Waals surface area contributed by atoms with E-state index in [0.29, 0.717) is 12.3 Å². The van der Waals surface area contributed by atoms with E-state index in [2.05, 4.69) is 21.0 Å². The highest BCUT2D eigenvalue weighted by molar-refractivity contribution is 8.07. The molecular weight excluding hydrogens is 922 g/mol. The van der Waals surface area contributed by atoms with E-state index in [0.717, 1.165) is 10.8 Å². The molecule has 5 heterocycles. The van der Waals surface area contributed by atoms with Gasteiger partial charge in [-0.15, -0.1) is 0 Å². The highest BCUT2D eigenvalue weighted by atomic mass is 32.5. The molecule has 3 fully saturated rings. The third kappa shape index (κ3) is 10.5. The summed E-state index contributed by atoms with van der Waals surface area (Å²) in [7, 11) is -5.73. The number of hydrogen-bond acceptors (Lipinski definition) is 17. The predicted octanol–water partition coefficient (Wildman–Crippen LogP) is 6.53. The summed E-state index contributed by atoms with van der Waals surface area (Å²) in [5, 5.41) is 9.22. The zero-order valence-electron chi connectivity index (χ0n) is 36.2. The Hall–Kier alpha value is -1.95. The van der Waals surface area contributed by atoms with Gasteiger partial charge in [0, 0.05) is 37.8 Å². The van der Waals surface area contributed by atoms with Crippen LogP contribution in [0.3, 0.4) is 0 Å². The number of ether oxygens (including phenoxy) is 2. The monoisotopic (exact) mass is 978 g/mol. The zero-order chi connectivity index (χ0) is 45.4. The van der Waals surface area contributed by atoms with Crippen LogP contribution in [0.1, 0.15) is 80.9 Å². The average Bonchev–Trinajstić information content (AvgIpc) is 3.85. The lowest BCUT2D eigenvalue weighted by Gasteiger charge is -2.47. The van der Waals surface area contributed by atoms with Gasteiger partial charge in [0.15, 0.2) is 17.7 Å². The number of nitriles is 1. The van der Waals surface area contributed by atoms with Crippen molar-refractivity contribution in [2.75, 3.05) is 19.8 Å². The Morgan fingerprint density at radius 1 is 1.03 bits per heavy atom. The van der Waals surface area contributed by atoms with Gasteiger partial charge >= 0.3 is 30.6 Å². The Labute approximate surface area is 373 Å². The molecule has 2 saturated heterocycles. The largest absolute Gasteiger partial charge is 0.474 e. The minimum Gasteiger partial charge on any atom is -0.474 e. The second kappa shape index (κ2) is 19.9. The Morgan fingerprint density at radius 2 is 1.74 bits per heavy atom. The van der Waals surface area contributed by atoms with Crippen molar-refractivity contribution in [3.63, 3.8) is 0 Å². The van der Waals surface area contributed by atoms with Crippen LogP contribution in [0.25, 0.3) is 11.0 Å². The van der Waals surface area contributed by atoms with Crippen molar-refractivity contribution in [3.8, 4) is 11.9 Å². The molecule has 0 aromatic carbocycles. The van der Waals surface area contributed by atoms with Crippen molar-refractivity contribution in [2.24, 2.45) is 13.0 Å². The highest BCUT2D eigenvalue weighted by Crippen LogP contribution is 2.58. The van der Waals surface area contributed by atoms with E-state index in [4.69, 9.17) is 64.2 Å². The number of aryl methyl sites for hydroxylation is 1. The van der Waals surface area contributed by atoms with Crippen molar-refractivity contribution in [3.05, 3.63) is 47.3 Å². The van der Waals surface area contributed by atoms with Crippen LogP contribution in [0.15, 0.2) is 35.9 Å². The maximum atomic E-state index is 15.9. The fourth-order valence-corrected chi connectivity index (χ4v) is 21.8. The summed E-state index contributed by atoms with van der Waals surface area (Å²) >= 11 is 11.8. The number of hydrogen-bond donors (Lipinski definition) is 2. The van der Waals surface area contributed by atoms with Crippen molar-refractivity contribution in [1.29, 1.82) is 5.26 Å². The van der Waals surface area contributed by atoms with Crippen molar-refractivity contribution in [1.82, 2.24) is 24.1 Å². The highest BCUT2D eigenvalue weighted by Gasteiger charge is 2.60. The van der Waals surface area contributed by atoms with E-state index in [1.54, 1.807) is 12.3 Å². The van der Waals surface area contributed by atoms with Gasteiger partial charge in [0.1, 0.15) is 36.1 Å². The van der Waals surface area contributed by atoms with Crippen molar-refractivity contribution >= 4 is 65.2 Å². The predicted molar refractivity (Wildman–Crippen MR) is 237 cm³/mol. The number of halogens is 1. The molecule has 3 aromatic heterocycles. The van der Waals surface area contributed by atoms with Gasteiger partial charge in [0.05, 0.1) is 44.7 Å². The Morgan fingerprint density at radius 3 is 2.37 bits per heavy atom. The number of fused-ring (bicyclic) bond motifs is 4. The summed E-state index contributed by atoms with van der Waals surface area (Å²) in [6, 6.07) is 3.67. The van der Waals surface area contributed by atoms with Gasteiger partial charge in [0.25, 0.3) is 5.56 Å². The van der Waals surface area contributed by atoms with Gasteiger partial charge in [-0.1, -0.05) is 55.4 Å². The Bertz CT molecular complexity index is 2220. The first-order chi connectivity index (χ1) is 29.1. The van der Waals surface area contributed by atoms with Gasteiger partial charge in [-0.2, -0.15) is 5.26 Å². The topological polar surface area (TPSA) is 213 Å². The second-order valence-corrected chi connectivity index (χ2v) is 31.4. The Balaban J connectivity index is 1.50. The summed E-state index contributed by atoms with van der Waals surface area (Å²) in [6.07, 6.45) is -0.347. The second-order valence-electron chi connectivity index (χ2n) is 17.1. The molecule has 2 bridgehead atoms. The van der Waals surface area contributed by atoms with E-state index < -0.39 is 91.2 Å². The first-order valence-corrected chi connectivity index (χ1v) is 29.8. The average molecular weight is 979 g/mol. The minimum absolute atomic E-state index is 0.0532. The van der Waals surface area contributed by atoms with E-state index in [1.165, 1.54) is 24.3 Å². The molecular formula is C37H57FN6O12P2S2Si2. The molecule has 344 valence electrons. The van der Waals surface area contributed by atoms with Crippen molar-refractivity contribution < 1.29 is 54.7 Å². The lowest BCUT2D eigenvalue weighted by Crippen LogP contribution is -2.62. The van der Waals surface area contributed by atoms with Crippen LogP contribution in [0, 0.1) is 23.1 Å².